The van der Waals surface area contributed by atoms with Crippen LogP contribution in [0.1, 0.15) is 12.5 Å². The maximum Gasteiger partial charge on any atom is 0.511 e. The predicted molar refractivity (Wildman–Crippen MR) is 64.5 cm³/mol. The first-order chi connectivity index (χ1) is 8.72. The Hall–Kier alpha value is -2.30. The highest BCUT2D eigenvalue weighted by Gasteiger charge is 2.09. The van der Waals surface area contributed by atoms with E-state index in [1.54, 1.807) is 6.08 Å². The highest BCUT2D eigenvalue weighted by Crippen LogP contribution is 2.01. The molecule has 0 saturated carbocycles. The number of rotatable bonds is 6. The third kappa shape index (κ3) is 5.69. The molecule has 1 unspecified atom stereocenters. The van der Waals surface area contributed by atoms with E-state index in [0.717, 1.165) is 5.56 Å². The first-order valence-corrected chi connectivity index (χ1v) is 5.36. The minimum atomic E-state index is -0.951. The molecule has 0 aliphatic rings. The highest BCUT2D eigenvalue weighted by atomic mass is 16.8. The van der Waals surface area contributed by atoms with Crippen LogP contribution in [0.2, 0.25) is 0 Å². The van der Waals surface area contributed by atoms with Crippen LogP contribution >= 0.6 is 0 Å². The molecule has 0 spiro atoms. The summed E-state index contributed by atoms with van der Waals surface area (Å²) < 4.78 is 13.7. The van der Waals surface area contributed by atoms with Gasteiger partial charge in [-0.2, -0.15) is 0 Å². The standard InChI is InChI=1S/C13H14O5/c1-11(17-10-14)18-13(15)16-9-5-8-12-6-3-2-4-7-12/h2-8,10-11H,9H2,1H3/b8-5+. The molecular weight excluding hydrogens is 236 g/mol. The van der Waals surface area contributed by atoms with E-state index in [1.807, 2.05) is 36.4 Å². The molecule has 0 heterocycles. The van der Waals surface area contributed by atoms with Gasteiger partial charge in [-0.25, -0.2) is 4.79 Å². The van der Waals surface area contributed by atoms with Gasteiger partial charge in [0.2, 0.25) is 6.29 Å². The second-order valence-corrected chi connectivity index (χ2v) is 3.29. The zero-order valence-electron chi connectivity index (χ0n) is 9.94. The van der Waals surface area contributed by atoms with Gasteiger partial charge in [-0.1, -0.05) is 36.4 Å². The zero-order valence-corrected chi connectivity index (χ0v) is 9.94. The van der Waals surface area contributed by atoms with Crippen molar-refractivity contribution >= 4 is 18.7 Å². The Bertz CT molecular complexity index is 399. The number of carbonyl (C=O) groups excluding carboxylic acids is 2. The molecule has 18 heavy (non-hydrogen) atoms. The van der Waals surface area contributed by atoms with E-state index in [4.69, 9.17) is 4.74 Å². The van der Waals surface area contributed by atoms with Crippen molar-refractivity contribution < 1.29 is 23.8 Å². The van der Waals surface area contributed by atoms with Crippen LogP contribution in [0.5, 0.6) is 0 Å². The Balaban J connectivity index is 2.23. The summed E-state index contributed by atoms with van der Waals surface area (Å²) in [5.74, 6) is 0. The lowest BCUT2D eigenvalue weighted by Gasteiger charge is -2.09. The van der Waals surface area contributed by atoms with Gasteiger partial charge >= 0.3 is 6.16 Å². The number of carbonyl (C=O) groups is 2. The lowest BCUT2D eigenvalue weighted by Crippen LogP contribution is -2.18. The van der Waals surface area contributed by atoms with E-state index in [0.29, 0.717) is 0 Å². The second kappa shape index (κ2) is 7.89. The summed E-state index contributed by atoms with van der Waals surface area (Å²) in [6.45, 7) is 1.70. The molecule has 1 atom stereocenters. The Morgan fingerprint density at radius 3 is 2.72 bits per heavy atom. The van der Waals surface area contributed by atoms with Crippen molar-refractivity contribution in [2.75, 3.05) is 6.61 Å². The highest BCUT2D eigenvalue weighted by molar-refractivity contribution is 5.60. The van der Waals surface area contributed by atoms with E-state index in [-0.39, 0.29) is 13.1 Å². The van der Waals surface area contributed by atoms with Crippen molar-refractivity contribution in [3.63, 3.8) is 0 Å². The summed E-state index contributed by atoms with van der Waals surface area (Å²) >= 11 is 0. The molecule has 0 aromatic heterocycles. The number of hydrogen-bond donors (Lipinski definition) is 0. The van der Waals surface area contributed by atoms with Crippen LogP contribution in [0.25, 0.3) is 6.08 Å². The number of benzene rings is 1. The fourth-order valence-corrected chi connectivity index (χ4v) is 1.14. The van der Waals surface area contributed by atoms with Gasteiger partial charge in [0.25, 0.3) is 6.47 Å². The summed E-state index contributed by atoms with van der Waals surface area (Å²) in [4.78, 5) is 21.0. The molecule has 0 aliphatic carbocycles. The van der Waals surface area contributed by atoms with Crippen molar-refractivity contribution in [1.82, 2.24) is 0 Å². The van der Waals surface area contributed by atoms with E-state index >= 15 is 0 Å². The van der Waals surface area contributed by atoms with Crippen molar-refractivity contribution in [1.29, 1.82) is 0 Å². The smallest absolute Gasteiger partial charge is 0.430 e. The van der Waals surface area contributed by atoms with Gasteiger partial charge in [0.1, 0.15) is 6.61 Å². The van der Waals surface area contributed by atoms with Gasteiger partial charge in [0, 0.05) is 6.92 Å². The lowest BCUT2D eigenvalue weighted by molar-refractivity contribution is -0.152. The molecule has 1 aromatic rings. The monoisotopic (exact) mass is 250 g/mol. The Labute approximate surface area is 105 Å². The van der Waals surface area contributed by atoms with Crippen LogP contribution in [0.15, 0.2) is 36.4 Å². The maximum atomic E-state index is 11.1. The molecule has 0 fully saturated rings. The number of ether oxygens (including phenoxy) is 3. The Morgan fingerprint density at radius 2 is 2.06 bits per heavy atom. The largest absolute Gasteiger partial charge is 0.511 e. The van der Waals surface area contributed by atoms with Crippen LogP contribution in [-0.4, -0.2) is 25.5 Å². The molecule has 0 N–H and O–H groups in total. The first-order valence-electron chi connectivity index (χ1n) is 5.36. The average molecular weight is 250 g/mol. The van der Waals surface area contributed by atoms with Crippen LogP contribution in [0, 0.1) is 0 Å². The molecule has 0 radical (unpaired) electrons. The topological polar surface area (TPSA) is 61.8 Å². The summed E-state index contributed by atoms with van der Waals surface area (Å²) in [5, 5.41) is 0. The summed E-state index contributed by atoms with van der Waals surface area (Å²) in [6.07, 6.45) is 1.66. The minimum absolute atomic E-state index is 0.0849. The molecule has 0 aliphatic heterocycles. The van der Waals surface area contributed by atoms with Crippen LogP contribution in [0.3, 0.4) is 0 Å². The third-order valence-corrected chi connectivity index (χ3v) is 1.92. The van der Waals surface area contributed by atoms with Crippen LogP contribution in [0.4, 0.5) is 4.79 Å². The van der Waals surface area contributed by atoms with E-state index in [9.17, 15) is 9.59 Å². The molecule has 5 nitrogen and oxygen atoms in total. The van der Waals surface area contributed by atoms with E-state index in [1.165, 1.54) is 6.92 Å². The molecular formula is C13H14O5. The Morgan fingerprint density at radius 1 is 1.33 bits per heavy atom. The normalized spacial score (nSPS) is 11.8. The minimum Gasteiger partial charge on any atom is -0.430 e. The predicted octanol–water partition coefficient (Wildman–Crippen LogP) is 2.37. The number of hydrogen-bond acceptors (Lipinski definition) is 5. The van der Waals surface area contributed by atoms with Gasteiger partial charge in [-0.05, 0) is 11.6 Å². The third-order valence-electron chi connectivity index (χ3n) is 1.92. The van der Waals surface area contributed by atoms with Crippen molar-refractivity contribution in [2.24, 2.45) is 0 Å². The van der Waals surface area contributed by atoms with Crippen LogP contribution in [-0.2, 0) is 19.0 Å². The second-order valence-electron chi connectivity index (χ2n) is 3.29. The van der Waals surface area contributed by atoms with Gasteiger partial charge in [-0.15, -0.1) is 0 Å². The van der Waals surface area contributed by atoms with Gasteiger partial charge < -0.3 is 14.2 Å². The molecule has 1 rings (SSSR count). The molecule has 0 bridgehead atoms. The molecule has 1 aromatic carbocycles. The van der Waals surface area contributed by atoms with Crippen LogP contribution < -0.4 is 0 Å². The van der Waals surface area contributed by atoms with Gasteiger partial charge in [-0.3, -0.25) is 4.79 Å². The van der Waals surface area contributed by atoms with E-state index in [2.05, 4.69) is 9.47 Å². The quantitative estimate of drug-likeness (QED) is 0.440. The van der Waals surface area contributed by atoms with Gasteiger partial charge in [0.15, 0.2) is 0 Å². The van der Waals surface area contributed by atoms with Crippen molar-refractivity contribution in [2.45, 2.75) is 13.2 Å². The zero-order chi connectivity index (χ0) is 13.2. The Kier molecular flexibility index (Phi) is 6.03. The summed E-state index contributed by atoms with van der Waals surface area (Å²) in [7, 11) is 0. The fourth-order valence-electron chi connectivity index (χ4n) is 1.14. The SMILES string of the molecule is CC(OC=O)OC(=O)OC/C=C/c1ccccc1. The van der Waals surface area contributed by atoms with Crippen molar-refractivity contribution in [3.8, 4) is 0 Å². The molecule has 5 heteroatoms. The fraction of sp³-hybridized carbons (Fsp3) is 0.231. The van der Waals surface area contributed by atoms with E-state index < -0.39 is 12.4 Å². The maximum absolute atomic E-state index is 11.1. The summed E-state index contributed by atoms with van der Waals surface area (Å²) in [6, 6.07) is 9.59. The lowest BCUT2D eigenvalue weighted by atomic mass is 10.2. The first kappa shape index (κ1) is 13.8. The molecule has 0 saturated heterocycles. The molecule has 96 valence electrons. The van der Waals surface area contributed by atoms with Gasteiger partial charge in [0.05, 0.1) is 0 Å². The summed E-state index contributed by atoms with van der Waals surface area (Å²) in [5.41, 5.74) is 1.01. The molecule has 0 amide bonds. The average Bonchev–Trinajstić information content (AvgIpc) is 2.36. The van der Waals surface area contributed by atoms with Crippen molar-refractivity contribution in [3.05, 3.63) is 42.0 Å².